The third kappa shape index (κ3) is 2.05. The van der Waals surface area contributed by atoms with E-state index in [1.807, 2.05) is 0 Å². The summed E-state index contributed by atoms with van der Waals surface area (Å²) in [6, 6.07) is 6.87. The number of hydrogen-bond acceptors (Lipinski definition) is 1. The Kier molecular flexibility index (Phi) is 3.13. The highest BCUT2D eigenvalue weighted by atomic mass is 14.7. The van der Waals surface area contributed by atoms with Crippen molar-refractivity contribution in [2.75, 3.05) is 6.54 Å². The predicted octanol–water partition coefficient (Wildman–Crippen LogP) is 3.18. The van der Waals surface area contributed by atoms with E-state index in [2.05, 4.69) is 30.1 Å². The predicted molar refractivity (Wildman–Crippen MR) is 76.9 cm³/mol. The van der Waals surface area contributed by atoms with E-state index in [1.165, 1.54) is 47.8 Å². The van der Waals surface area contributed by atoms with Crippen molar-refractivity contribution in [3.05, 3.63) is 35.0 Å². The normalized spacial score (nSPS) is 16.8. The summed E-state index contributed by atoms with van der Waals surface area (Å²) in [6.45, 7) is 2.99. The molecule has 1 heterocycles. The Hall–Kier alpha value is -1.28. The number of fused-ring (bicyclic) bond motifs is 3. The van der Waals surface area contributed by atoms with Crippen LogP contribution in [0.3, 0.4) is 0 Å². The molecule has 2 nitrogen and oxygen atoms in total. The molecule has 2 heteroatoms. The van der Waals surface area contributed by atoms with Crippen molar-refractivity contribution in [2.24, 2.45) is 11.7 Å². The Labute approximate surface area is 109 Å². The SMILES string of the molecule is CC(CN)Cc1ccc2[nH]c3c(c2c1)CCCC3. The molecule has 1 aromatic carbocycles. The van der Waals surface area contributed by atoms with Gasteiger partial charge in [-0.1, -0.05) is 13.0 Å². The molecular formula is C16H22N2. The van der Waals surface area contributed by atoms with Gasteiger partial charge in [0.1, 0.15) is 0 Å². The van der Waals surface area contributed by atoms with E-state index in [9.17, 15) is 0 Å². The molecule has 1 aliphatic rings. The number of aromatic nitrogens is 1. The van der Waals surface area contributed by atoms with Crippen LogP contribution < -0.4 is 5.73 Å². The van der Waals surface area contributed by atoms with E-state index in [1.54, 1.807) is 5.56 Å². The summed E-state index contributed by atoms with van der Waals surface area (Å²) in [6.07, 6.45) is 6.22. The van der Waals surface area contributed by atoms with Crippen LogP contribution >= 0.6 is 0 Å². The van der Waals surface area contributed by atoms with Crippen LogP contribution in [-0.4, -0.2) is 11.5 Å². The molecule has 96 valence electrons. The summed E-state index contributed by atoms with van der Waals surface area (Å²) >= 11 is 0. The molecule has 0 radical (unpaired) electrons. The van der Waals surface area contributed by atoms with E-state index in [0.717, 1.165) is 13.0 Å². The highest BCUT2D eigenvalue weighted by Gasteiger charge is 2.15. The van der Waals surface area contributed by atoms with E-state index >= 15 is 0 Å². The van der Waals surface area contributed by atoms with Crippen molar-refractivity contribution in [3.8, 4) is 0 Å². The number of hydrogen-bond donors (Lipinski definition) is 2. The molecule has 0 spiro atoms. The number of aromatic amines is 1. The molecule has 3 N–H and O–H groups in total. The highest BCUT2D eigenvalue weighted by Crippen LogP contribution is 2.30. The zero-order chi connectivity index (χ0) is 12.5. The third-order valence-electron chi connectivity index (χ3n) is 4.15. The fourth-order valence-electron chi connectivity index (χ4n) is 3.07. The highest BCUT2D eigenvalue weighted by molar-refractivity contribution is 5.85. The lowest BCUT2D eigenvalue weighted by atomic mass is 9.94. The van der Waals surface area contributed by atoms with Crippen molar-refractivity contribution in [2.45, 2.75) is 39.0 Å². The molecule has 1 aliphatic carbocycles. The molecule has 0 bridgehead atoms. The Balaban J connectivity index is 2.00. The van der Waals surface area contributed by atoms with Gasteiger partial charge in [0.15, 0.2) is 0 Å². The quantitative estimate of drug-likeness (QED) is 0.852. The Morgan fingerprint density at radius 2 is 2.11 bits per heavy atom. The fraction of sp³-hybridized carbons (Fsp3) is 0.500. The number of benzene rings is 1. The minimum absolute atomic E-state index is 0.567. The zero-order valence-corrected chi connectivity index (χ0v) is 11.1. The van der Waals surface area contributed by atoms with Gasteiger partial charge in [-0.2, -0.15) is 0 Å². The van der Waals surface area contributed by atoms with Crippen LogP contribution in [0.25, 0.3) is 10.9 Å². The molecule has 1 aromatic heterocycles. The van der Waals surface area contributed by atoms with Gasteiger partial charge in [0.2, 0.25) is 0 Å². The zero-order valence-electron chi connectivity index (χ0n) is 11.1. The minimum atomic E-state index is 0.567. The molecule has 1 atom stereocenters. The molecule has 2 aromatic rings. The van der Waals surface area contributed by atoms with Gasteiger partial charge in [-0.15, -0.1) is 0 Å². The molecular weight excluding hydrogens is 220 g/mol. The van der Waals surface area contributed by atoms with Crippen molar-refractivity contribution < 1.29 is 0 Å². The summed E-state index contributed by atoms with van der Waals surface area (Å²) in [5.74, 6) is 0.567. The third-order valence-corrected chi connectivity index (χ3v) is 4.15. The Bertz CT molecular complexity index is 553. The first-order valence-electron chi connectivity index (χ1n) is 7.10. The number of H-pyrrole nitrogens is 1. The van der Waals surface area contributed by atoms with Gasteiger partial charge in [-0.25, -0.2) is 0 Å². The molecule has 18 heavy (non-hydrogen) atoms. The average molecular weight is 242 g/mol. The van der Waals surface area contributed by atoms with Gasteiger partial charge in [0, 0.05) is 16.6 Å². The van der Waals surface area contributed by atoms with E-state index < -0.39 is 0 Å². The maximum atomic E-state index is 5.72. The minimum Gasteiger partial charge on any atom is -0.358 e. The number of rotatable bonds is 3. The Morgan fingerprint density at radius 1 is 1.28 bits per heavy atom. The maximum Gasteiger partial charge on any atom is 0.0459 e. The van der Waals surface area contributed by atoms with Crippen LogP contribution in [0.1, 0.15) is 36.6 Å². The van der Waals surface area contributed by atoms with Crippen molar-refractivity contribution in [3.63, 3.8) is 0 Å². The molecule has 0 amide bonds. The monoisotopic (exact) mass is 242 g/mol. The van der Waals surface area contributed by atoms with Crippen LogP contribution in [0.5, 0.6) is 0 Å². The van der Waals surface area contributed by atoms with E-state index in [-0.39, 0.29) is 0 Å². The lowest BCUT2D eigenvalue weighted by Crippen LogP contribution is -2.12. The topological polar surface area (TPSA) is 41.8 Å². The van der Waals surface area contributed by atoms with Gasteiger partial charge >= 0.3 is 0 Å². The second-order valence-electron chi connectivity index (χ2n) is 5.71. The molecule has 3 rings (SSSR count). The first-order chi connectivity index (χ1) is 8.78. The molecule has 0 fully saturated rings. The van der Waals surface area contributed by atoms with Crippen LogP contribution in [0.2, 0.25) is 0 Å². The van der Waals surface area contributed by atoms with Gasteiger partial charge in [0.05, 0.1) is 0 Å². The first kappa shape index (κ1) is 11.8. The standard InChI is InChI=1S/C16H22N2/c1-11(10-17)8-12-6-7-16-14(9-12)13-4-2-3-5-15(13)18-16/h6-7,9,11,18H,2-5,8,10,17H2,1H3. The van der Waals surface area contributed by atoms with Crippen molar-refractivity contribution in [1.29, 1.82) is 0 Å². The maximum absolute atomic E-state index is 5.72. The molecule has 0 saturated carbocycles. The van der Waals surface area contributed by atoms with Crippen LogP contribution in [0.4, 0.5) is 0 Å². The van der Waals surface area contributed by atoms with Gasteiger partial charge in [0.25, 0.3) is 0 Å². The van der Waals surface area contributed by atoms with Crippen molar-refractivity contribution >= 4 is 10.9 Å². The van der Waals surface area contributed by atoms with Crippen molar-refractivity contribution in [1.82, 2.24) is 4.98 Å². The van der Waals surface area contributed by atoms with E-state index in [0.29, 0.717) is 5.92 Å². The van der Waals surface area contributed by atoms with Gasteiger partial charge in [-0.3, -0.25) is 0 Å². The summed E-state index contributed by atoms with van der Waals surface area (Å²) < 4.78 is 0. The largest absolute Gasteiger partial charge is 0.358 e. The molecule has 1 unspecified atom stereocenters. The Morgan fingerprint density at radius 3 is 2.94 bits per heavy atom. The lowest BCUT2D eigenvalue weighted by molar-refractivity contribution is 0.593. The fourth-order valence-corrected chi connectivity index (χ4v) is 3.07. The number of nitrogens with one attached hydrogen (secondary N) is 1. The van der Waals surface area contributed by atoms with Crippen LogP contribution in [0, 0.1) is 5.92 Å². The summed E-state index contributed by atoms with van der Waals surface area (Å²) in [4.78, 5) is 3.59. The second kappa shape index (κ2) is 4.77. The molecule has 0 saturated heterocycles. The smallest absolute Gasteiger partial charge is 0.0459 e. The summed E-state index contributed by atoms with van der Waals surface area (Å²) in [5, 5.41) is 1.45. The van der Waals surface area contributed by atoms with E-state index in [4.69, 9.17) is 5.73 Å². The molecule has 0 aliphatic heterocycles. The van der Waals surface area contributed by atoms with Crippen LogP contribution in [0.15, 0.2) is 18.2 Å². The lowest BCUT2D eigenvalue weighted by Gasteiger charge is -2.11. The first-order valence-corrected chi connectivity index (χ1v) is 7.10. The van der Waals surface area contributed by atoms with Crippen LogP contribution in [-0.2, 0) is 19.3 Å². The van der Waals surface area contributed by atoms with Gasteiger partial charge in [-0.05, 0) is 67.8 Å². The summed E-state index contributed by atoms with van der Waals surface area (Å²) in [5.41, 5.74) is 11.5. The summed E-state index contributed by atoms with van der Waals surface area (Å²) in [7, 11) is 0. The number of nitrogens with two attached hydrogens (primary N) is 1. The second-order valence-corrected chi connectivity index (χ2v) is 5.71. The number of aryl methyl sites for hydroxylation is 2. The average Bonchev–Trinajstić information content (AvgIpc) is 2.77. The van der Waals surface area contributed by atoms with Gasteiger partial charge < -0.3 is 10.7 Å².